The van der Waals surface area contributed by atoms with Crippen molar-refractivity contribution in [3.63, 3.8) is 0 Å². The molecule has 0 saturated carbocycles. The van der Waals surface area contributed by atoms with Gasteiger partial charge in [0.1, 0.15) is 18.9 Å². The van der Waals surface area contributed by atoms with Crippen LogP contribution in [0.3, 0.4) is 0 Å². The smallest absolute Gasteiger partial charge is 0.323 e. The molecule has 1 aromatic carbocycles. The minimum absolute atomic E-state index is 0.00790. The number of rotatable bonds is 7. The number of nitrogens with zero attached hydrogens (tertiary/aromatic N) is 2. The van der Waals surface area contributed by atoms with Crippen LogP contribution in [0.4, 0.5) is 0 Å². The minimum atomic E-state index is -0.955. The zero-order chi connectivity index (χ0) is 19.1. The molecule has 6 heteroatoms. The van der Waals surface area contributed by atoms with Crippen LogP contribution in [0.25, 0.3) is 0 Å². The molecule has 1 N–H and O–H groups in total. The van der Waals surface area contributed by atoms with Gasteiger partial charge in [0.05, 0.1) is 0 Å². The van der Waals surface area contributed by atoms with Gasteiger partial charge in [-0.3, -0.25) is 14.5 Å². The molecule has 1 saturated heterocycles. The molecule has 1 aromatic rings. The van der Waals surface area contributed by atoms with Crippen LogP contribution in [0.2, 0.25) is 0 Å². The molecule has 1 unspecified atom stereocenters. The summed E-state index contributed by atoms with van der Waals surface area (Å²) in [5.41, 5.74) is 2.32. The number of aryl methyl sites for hydroxylation is 2. The van der Waals surface area contributed by atoms with Gasteiger partial charge in [-0.15, -0.1) is 0 Å². The van der Waals surface area contributed by atoms with Gasteiger partial charge in [-0.25, -0.2) is 0 Å². The normalized spacial score (nSPS) is 18.2. The summed E-state index contributed by atoms with van der Waals surface area (Å²) in [6, 6.07) is 6.22. The van der Waals surface area contributed by atoms with Crippen molar-refractivity contribution in [2.75, 3.05) is 32.8 Å². The molecule has 0 aliphatic carbocycles. The zero-order valence-electron chi connectivity index (χ0n) is 16.0. The van der Waals surface area contributed by atoms with E-state index in [1.54, 1.807) is 0 Å². The Labute approximate surface area is 155 Å². The maximum atomic E-state index is 11.8. The first-order valence-electron chi connectivity index (χ1n) is 9.28. The van der Waals surface area contributed by atoms with Crippen molar-refractivity contribution >= 4 is 11.9 Å². The number of carboxylic acids is 1. The highest BCUT2D eigenvalue weighted by atomic mass is 16.5. The fourth-order valence-electron chi connectivity index (χ4n) is 3.46. The molecular formula is C20H30N2O4. The molecule has 0 spiro atoms. The molecule has 144 valence electrons. The molecule has 1 amide bonds. The van der Waals surface area contributed by atoms with Crippen LogP contribution in [0.1, 0.15) is 37.3 Å². The summed E-state index contributed by atoms with van der Waals surface area (Å²) < 4.78 is 5.94. The van der Waals surface area contributed by atoms with Gasteiger partial charge in [0.2, 0.25) is 5.91 Å². The summed E-state index contributed by atoms with van der Waals surface area (Å²) in [7, 11) is 0. The van der Waals surface area contributed by atoms with Gasteiger partial charge in [-0.1, -0.05) is 12.1 Å². The topological polar surface area (TPSA) is 70.1 Å². The Morgan fingerprint density at radius 1 is 1.27 bits per heavy atom. The Hall–Kier alpha value is -2.08. The number of hydrogen-bond donors (Lipinski definition) is 1. The van der Waals surface area contributed by atoms with Gasteiger partial charge in [0, 0.05) is 26.1 Å². The first-order chi connectivity index (χ1) is 12.4. The highest BCUT2D eigenvalue weighted by molar-refractivity contribution is 5.79. The summed E-state index contributed by atoms with van der Waals surface area (Å²) in [6.07, 6.45) is 2.61. The Morgan fingerprint density at radius 2 is 2.04 bits per heavy atom. The third kappa shape index (κ3) is 6.02. The van der Waals surface area contributed by atoms with Crippen molar-refractivity contribution in [2.24, 2.45) is 0 Å². The average Bonchev–Trinajstić information content (AvgIpc) is 2.81. The standard InChI is InChI=1S/C20H30N2O4/c1-15-6-7-16(2)19(13-15)26-12-11-21-9-4-5-18(8-10-21)22(17(3)23)14-20(24)25/h6-7,13,18H,4-5,8-12,14H2,1-3H3,(H,24,25). The van der Waals surface area contributed by atoms with E-state index in [2.05, 4.69) is 30.0 Å². The number of ether oxygens (including phenoxy) is 1. The fraction of sp³-hybridized carbons (Fsp3) is 0.600. The first kappa shape index (κ1) is 20.2. The molecule has 1 heterocycles. The molecule has 26 heavy (non-hydrogen) atoms. The molecule has 0 radical (unpaired) electrons. The second-order valence-corrected chi connectivity index (χ2v) is 7.08. The van der Waals surface area contributed by atoms with E-state index < -0.39 is 5.97 Å². The molecule has 1 aliphatic rings. The lowest BCUT2D eigenvalue weighted by Crippen LogP contribution is -2.42. The summed E-state index contributed by atoms with van der Waals surface area (Å²) in [6.45, 7) is 8.60. The second kappa shape index (κ2) is 9.57. The second-order valence-electron chi connectivity index (χ2n) is 7.08. The van der Waals surface area contributed by atoms with Crippen molar-refractivity contribution in [3.8, 4) is 5.75 Å². The van der Waals surface area contributed by atoms with Crippen LogP contribution in [-0.2, 0) is 9.59 Å². The molecule has 1 atom stereocenters. The van der Waals surface area contributed by atoms with E-state index in [0.717, 1.165) is 50.2 Å². The summed E-state index contributed by atoms with van der Waals surface area (Å²) in [4.78, 5) is 26.6. The van der Waals surface area contributed by atoms with Crippen LogP contribution >= 0.6 is 0 Å². The van der Waals surface area contributed by atoms with Crippen LogP contribution < -0.4 is 4.74 Å². The monoisotopic (exact) mass is 362 g/mol. The molecule has 1 fully saturated rings. The van der Waals surface area contributed by atoms with Gasteiger partial charge < -0.3 is 14.7 Å². The number of amides is 1. The quantitative estimate of drug-likeness (QED) is 0.807. The van der Waals surface area contributed by atoms with Gasteiger partial charge in [0.25, 0.3) is 0 Å². The largest absolute Gasteiger partial charge is 0.492 e. The number of hydrogen-bond acceptors (Lipinski definition) is 4. The molecule has 0 aromatic heterocycles. The zero-order valence-corrected chi connectivity index (χ0v) is 16.0. The number of carboxylic acid groups (broad SMARTS) is 1. The van der Waals surface area contributed by atoms with Crippen molar-refractivity contribution in [2.45, 2.75) is 46.1 Å². The number of carbonyl (C=O) groups is 2. The average molecular weight is 362 g/mol. The third-order valence-electron chi connectivity index (χ3n) is 4.95. The van der Waals surface area contributed by atoms with E-state index in [9.17, 15) is 9.59 Å². The highest BCUT2D eigenvalue weighted by Crippen LogP contribution is 2.20. The van der Waals surface area contributed by atoms with Gasteiger partial charge >= 0.3 is 5.97 Å². The van der Waals surface area contributed by atoms with E-state index in [0.29, 0.717) is 6.61 Å². The van der Waals surface area contributed by atoms with Crippen LogP contribution in [0.15, 0.2) is 18.2 Å². The van der Waals surface area contributed by atoms with Crippen molar-refractivity contribution in [1.29, 1.82) is 0 Å². The predicted octanol–water partition coefficient (Wildman–Crippen LogP) is 2.47. The van der Waals surface area contributed by atoms with E-state index in [1.807, 2.05) is 6.92 Å². The Balaban J connectivity index is 1.83. The predicted molar refractivity (Wildman–Crippen MR) is 101 cm³/mol. The first-order valence-corrected chi connectivity index (χ1v) is 9.28. The van der Waals surface area contributed by atoms with Crippen LogP contribution in [-0.4, -0.2) is 65.6 Å². The summed E-state index contributed by atoms with van der Waals surface area (Å²) >= 11 is 0. The van der Waals surface area contributed by atoms with Gasteiger partial charge in [-0.2, -0.15) is 0 Å². The maximum Gasteiger partial charge on any atom is 0.323 e. The number of likely N-dealkylation sites (tertiary alicyclic amines) is 1. The Kier molecular flexibility index (Phi) is 7.45. The number of carbonyl (C=O) groups excluding carboxylic acids is 1. The van der Waals surface area contributed by atoms with Crippen LogP contribution in [0, 0.1) is 13.8 Å². The molecule has 2 rings (SSSR count). The Morgan fingerprint density at radius 3 is 2.73 bits per heavy atom. The highest BCUT2D eigenvalue weighted by Gasteiger charge is 2.26. The number of aliphatic carboxylic acids is 1. The lowest BCUT2D eigenvalue weighted by atomic mass is 10.1. The van der Waals surface area contributed by atoms with Crippen molar-refractivity contribution in [1.82, 2.24) is 9.80 Å². The Bertz CT molecular complexity index is 632. The summed E-state index contributed by atoms with van der Waals surface area (Å²) in [5.74, 6) is -0.186. The lowest BCUT2D eigenvalue weighted by Gasteiger charge is -2.29. The minimum Gasteiger partial charge on any atom is -0.492 e. The number of benzene rings is 1. The van der Waals surface area contributed by atoms with E-state index >= 15 is 0 Å². The lowest BCUT2D eigenvalue weighted by molar-refractivity contribution is -0.145. The van der Waals surface area contributed by atoms with Gasteiger partial charge in [0.15, 0.2) is 0 Å². The molecule has 0 bridgehead atoms. The van der Waals surface area contributed by atoms with Crippen LogP contribution in [0.5, 0.6) is 5.75 Å². The van der Waals surface area contributed by atoms with E-state index in [-0.39, 0.29) is 18.5 Å². The fourth-order valence-corrected chi connectivity index (χ4v) is 3.46. The molecule has 6 nitrogen and oxygen atoms in total. The maximum absolute atomic E-state index is 11.8. The van der Waals surface area contributed by atoms with Gasteiger partial charge in [-0.05, 0) is 56.8 Å². The summed E-state index contributed by atoms with van der Waals surface area (Å²) in [5, 5.41) is 9.03. The molecule has 1 aliphatic heterocycles. The third-order valence-corrected chi connectivity index (χ3v) is 4.95. The SMILES string of the molecule is CC(=O)N(CC(=O)O)C1CCCN(CCOc2cc(C)ccc2C)CC1. The molecular weight excluding hydrogens is 332 g/mol. The van der Waals surface area contributed by atoms with E-state index in [4.69, 9.17) is 9.84 Å². The van der Waals surface area contributed by atoms with E-state index in [1.165, 1.54) is 17.4 Å². The van der Waals surface area contributed by atoms with Crippen molar-refractivity contribution < 1.29 is 19.4 Å². The van der Waals surface area contributed by atoms with Crippen molar-refractivity contribution in [3.05, 3.63) is 29.3 Å².